The summed E-state index contributed by atoms with van der Waals surface area (Å²) in [4.78, 5) is 10.6. The molecule has 0 aliphatic heterocycles. The summed E-state index contributed by atoms with van der Waals surface area (Å²) in [5, 5.41) is 8.71. The SMILES string of the molecule is COC/C(=C\C(=O)O)C1CCCCC1. The number of rotatable bonds is 4. The van der Waals surface area contributed by atoms with Crippen LogP contribution in [0.1, 0.15) is 32.1 Å². The second-order valence-electron chi connectivity index (χ2n) is 3.83. The first kappa shape index (κ1) is 11.2. The van der Waals surface area contributed by atoms with E-state index in [-0.39, 0.29) is 0 Å². The van der Waals surface area contributed by atoms with Crippen molar-refractivity contribution in [1.82, 2.24) is 0 Å². The van der Waals surface area contributed by atoms with Crippen LogP contribution in [0.4, 0.5) is 0 Å². The van der Waals surface area contributed by atoms with E-state index in [0.717, 1.165) is 18.4 Å². The molecule has 0 bridgehead atoms. The average Bonchev–Trinajstić information content (AvgIpc) is 2.18. The second-order valence-corrected chi connectivity index (χ2v) is 3.83. The lowest BCUT2D eigenvalue weighted by Crippen LogP contribution is -2.14. The van der Waals surface area contributed by atoms with Gasteiger partial charge in [0, 0.05) is 13.2 Å². The van der Waals surface area contributed by atoms with E-state index < -0.39 is 5.97 Å². The van der Waals surface area contributed by atoms with Crippen LogP contribution in [-0.2, 0) is 9.53 Å². The third-order valence-corrected chi connectivity index (χ3v) is 2.75. The normalized spacial score (nSPS) is 19.6. The van der Waals surface area contributed by atoms with Gasteiger partial charge < -0.3 is 9.84 Å². The van der Waals surface area contributed by atoms with Gasteiger partial charge in [-0.3, -0.25) is 0 Å². The zero-order valence-corrected chi connectivity index (χ0v) is 8.66. The van der Waals surface area contributed by atoms with Gasteiger partial charge in [-0.05, 0) is 24.3 Å². The summed E-state index contributed by atoms with van der Waals surface area (Å²) in [6, 6.07) is 0. The van der Waals surface area contributed by atoms with Crippen molar-refractivity contribution in [1.29, 1.82) is 0 Å². The molecular formula is C11H18O3. The number of aliphatic carboxylic acids is 1. The molecule has 1 aliphatic rings. The molecule has 14 heavy (non-hydrogen) atoms. The number of carbonyl (C=O) groups is 1. The number of carboxylic acids is 1. The first-order valence-electron chi connectivity index (χ1n) is 5.16. The summed E-state index contributed by atoms with van der Waals surface area (Å²) in [6.07, 6.45) is 7.25. The van der Waals surface area contributed by atoms with Crippen LogP contribution in [-0.4, -0.2) is 24.8 Å². The van der Waals surface area contributed by atoms with Crippen molar-refractivity contribution in [3.05, 3.63) is 11.6 Å². The molecule has 0 aromatic heterocycles. The average molecular weight is 198 g/mol. The van der Waals surface area contributed by atoms with Gasteiger partial charge in [0.15, 0.2) is 0 Å². The molecule has 1 fully saturated rings. The maximum atomic E-state index is 10.6. The fourth-order valence-corrected chi connectivity index (χ4v) is 2.08. The molecular weight excluding hydrogens is 180 g/mol. The summed E-state index contributed by atoms with van der Waals surface area (Å²) in [6.45, 7) is 0.455. The van der Waals surface area contributed by atoms with E-state index in [1.807, 2.05) is 0 Å². The van der Waals surface area contributed by atoms with Crippen LogP contribution < -0.4 is 0 Å². The summed E-state index contributed by atoms with van der Waals surface area (Å²) in [7, 11) is 1.61. The Morgan fingerprint density at radius 3 is 2.57 bits per heavy atom. The van der Waals surface area contributed by atoms with Crippen molar-refractivity contribution in [3.8, 4) is 0 Å². The van der Waals surface area contributed by atoms with Crippen molar-refractivity contribution in [3.63, 3.8) is 0 Å². The lowest BCUT2D eigenvalue weighted by atomic mass is 9.84. The summed E-state index contributed by atoms with van der Waals surface area (Å²) < 4.78 is 5.03. The molecule has 0 saturated heterocycles. The predicted molar refractivity (Wildman–Crippen MR) is 54.2 cm³/mol. The topological polar surface area (TPSA) is 46.5 Å². The molecule has 0 unspecified atom stereocenters. The molecule has 1 aliphatic carbocycles. The van der Waals surface area contributed by atoms with E-state index in [1.54, 1.807) is 7.11 Å². The third kappa shape index (κ3) is 3.50. The maximum Gasteiger partial charge on any atom is 0.328 e. The van der Waals surface area contributed by atoms with Crippen LogP contribution in [0.15, 0.2) is 11.6 Å². The zero-order chi connectivity index (χ0) is 10.4. The first-order chi connectivity index (χ1) is 6.74. The minimum Gasteiger partial charge on any atom is -0.478 e. The molecule has 0 aromatic rings. The summed E-state index contributed by atoms with van der Waals surface area (Å²) in [5.41, 5.74) is 0.944. The van der Waals surface area contributed by atoms with E-state index >= 15 is 0 Å². The van der Waals surface area contributed by atoms with E-state index in [1.165, 1.54) is 25.3 Å². The van der Waals surface area contributed by atoms with Crippen molar-refractivity contribution in [2.24, 2.45) is 5.92 Å². The number of hydrogen-bond acceptors (Lipinski definition) is 2. The molecule has 0 atom stereocenters. The molecule has 0 radical (unpaired) electrons. The highest BCUT2D eigenvalue weighted by atomic mass is 16.5. The van der Waals surface area contributed by atoms with Gasteiger partial charge in [0.25, 0.3) is 0 Å². The Hall–Kier alpha value is -0.830. The number of methoxy groups -OCH3 is 1. The molecule has 0 aromatic carbocycles. The van der Waals surface area contributed by atoms with E-state index in [4.69, 9.17) is 9.84 Å². The van der Waals surface area contributed by atoms with Crippen molar-refractivity contribution >= 4 is 5.97 Å². The predicted octanol–water partition coefficient (Wildman–Crippen LogP) is 2.22. The van der Waals surface area contributed by atoms with Crippen LogP contribution >= 0.6 is 0 Å². The van der Waals surface area contributed by atoms with Gasteiger partial charge in [-0.2, -0.15) is 0 Å². The smallest absolute Gasteiger partial charge is 0.328 e. The fourth-order valence-electron chi connectivity index (χ4n) is 2.08. The van der Waals surface area contributed by atoms with E-state index in [2.05, 4.69) is 0 Å². The van der Waals surface area contributed by atoms with Crippen LogP contribution in [0.3, 0.4) is 0 Å². The molecule has 0 spiro atoms. The number of ether oxygens (including phenoxy) is 1. The van der Waals surface area contributed by atoms with Gasteiger partial charge in [0.2, 0.25) is 0 Å². The maximum absolute atomic E-state index is 10.6. The van der Waals surface area contributed by atoms with Crippen LogP contribution in [0, 0.1) is 5.92 Å². The van der Waals surface area contributed by atoms with E-state index in [0.29, 0.717) is 12.5 Å². The Morgan fingerprint density at radius 1 is 1.43 bits per heavy atom. The van der Waals surface area contributed by atoms with Gasteiger partial charge in [-0.1, -0.05) is 19.3 Å². The third-order valence-electron chi connectivity index (χ3n) is 2.75. The van der Waals surface area contributed by atoms with Crippen LogP contribution in [0.25, 0.3) is 0 Å². The Labute approximate surface area is 84.8 Å². The Morgan fingerprint density at radius 2 is 2.07 bits per heavy atom. The highest BCUT2D eigenvalue weighted by Crippen LogP contribution is 2.29. The van der Waals surface area contributed by atoms with Crippen LogP contribution in [0.5, 0.6) is 0 Å². The van der Waals surface area contributed by atoms with Crippen LogP contribution in [0.2, 0.25) is 0 Å². The fraction of sp³-hybridized carbons (Fsp3) is 0.727. The second kappa shape index (κ2) is 5.81. The molecule has 3 heteroatoms. The Balaban J connectivity index is 2.60. The van der Waals surface area contributed by atoms with Crippen molar-refractivity contribution in [2.45, 2.75) is 32.1 Å². The minimum atomic E-state index is -0.859. The quantitative estimate of drug-likeness (QED) is 0.704. The van der Waals surface area contributed by atoms with Gasteiger partial charge in [0.05, 0.1) is 6.61 Å². The number of carboxylic acid groups (broad SMARTS) is 1. The number of hydrogen-bond donors (Lipinski definition) is 1. The largest absolute Gasteiger partial charge is 0.478 e. The zero-order valence-electron chi connectivity index (χ0n) is 8.66. The van der Waals surface area contributed by atoms with Gasteiger partial charge in [0.1, 0.15) is 0 Å². The molecule has 0 heterocycles. The molecule has 80 valence electrons. The lowest BCUT2D eigenvalue weighted by molar-refractivity contribution is -0.131. The molecule has 3 nitrogen and oxygen atoms in total. The minimum absolute atomic E-state index is 0.430. The Kier molecular flexibility index (Phi) is 4.66. The molecule has 1 saturated carbocycles. The monoisotopic (exact) mass is 198 g/mol. The van der Waals surface area contributed by atoms with Gasteiger partial charge >= 0.3 is 5.97 Å². The highest BCUT2D eigenvalue weighted by molar-refractivity contribution is 5.80. The molecule has 0 amide bonds. The summed E-state index contributed by atoms with van der Waals surface area (Å²) in [5.74, 6) is -0.428. The standard InChI is InChI=1S/C11H18O3/c1-14-8-10(7-11(12)13)9-5-3-2-4-6-9/h7,9H,2-6,8H2,1H3,(H,12,13)/b10-7+. The lowest BCUT2D eigenvalue weighted by Gasteiger charge is -2.23. The van der Waals surface area contributed by atoms with Gasteiger partial charge in [-0.25, -0.2) is 4.79 Å². The molecule has 1 rings (SSSR count). The van der Waals surface area contributed by atoms with E-state index in [9.17, 15) is 4.79 Å². The van der Waals surface area contributed by atoms with Crippen molar-refractivity contribution < 1.29 is 14.6 Å². The Bertz CT molecular complexity index is 215. The summed E-state index contributed by atoms with van der Waals surface area (Å²) >= 11 is 0. The van der Waals surface area contributed by atoms with Gasteiger partial charge in [-0.15, -0.1) is 0 Å². The highest BCUT2D eigenvalue weighted by Gasteiger charge is 2.18. The van der Waals surface area contributed by atoms with Crippen molar-refractivity contribution in [2.75, 3.05) is 13.7 Å². The first-order valence-corrected chi connectivity index (χ1v) is 5.16. The molecule has 1 N–H and O–H groups in total.